The van der Waals surface area contributed by atoms with Gasteiger partial charge in [-0.25, -0.2) is 0 Å². The van der Waals surface area contributed by atoms with Gasteiger partial charge in [-0.15, -0.1) is 0 Å². The summed E-state index contributed by atoms with van der Waals surface area (Å²) in [4.78, 5) is 1.11. The molecule has 0 unspecified atom stereocenters. The molecule has 0 aliphatic rings. The Morgan fingerprint density at radius 2 is 2.25 bits per heavy atom. The molecule has 0 radical (unpaired) electrons. The van der Waals surface area contributed by atoms with Crippen LogP contribution in [0.25, 0.3) is 0 Å². The summed E-state index contributed by atoms with van der Waals surface area (Å²) in [7, 11) is 3.31. The molecule has 0 amide bonds. The van der Waals surface area contributed by atoms with Crippen molar-refractivity contribution in [2.75, 3.05) is 12.5 Å². The first-order valence-corrected chi connectivity index (χ1v) is 5.99. The topological polar surface area (TPSA) is 9.23 Å². The monoisotopic (exact) mass is 202 g/mol. The van der Waals surface area contributed by atoms with E-state index in [1.165, 1.54) is 0 Å². The van der Waals surface area contributed by atoms with Gasteiger partial charge in [0.05, 0.1) is 0 Å². The highest BCUT2D eigenvalue weighted by Crippen LogP contribution is 2.30. The summed E-state index contributed by atoms with van der Waals surface area (Å²) in [6.07, 6.45) is 5.49. The molecule has 0 saturated carbocycles. The second kappa shape index (κ2) is 8.97. The first kappa shape index (κ1) is 11.9. The third kappa shape index (κ3) is 6.58. The molecule has 0 rings (SSSR count). The molecule has 0 aromatic rings. The molecule has 3 heteroatoms. The van der Waals surface area contributed by atoms with Gasteiger partial charge in [0.1, 0.15) is 5.94 Å². The molecule has 1 nitrogen and oxygen atoms in total. The van der Waals surface area contributed by atoms with Crippen LogP contribution in [-0.4, -0.2) is 12.5 Å². The van der Waals surface area contributed by atoms with Gasteiger partial charge in [-0.05, 0) is 13.0 Å². The summed E-state index contributed by atoms with van der Waals surface area (Å²) in [5.41, 5.74) is 0. The average Bonchev–Trinajstić information content (AvgIpc) is 2.10. The first-order chi connectivity index (χ1) is 5.85. The highest BCUT2D eigenvalue weighted by molar-refractivity contribution is 8.78. The van der Waals surface area contributed by atoms with Crippen molar-refractivity contribution in [1.29, 1.82) is 0 Å². The van der Waals surface area contributed by atoms with Gasteiger partial charge in [0.2, 0.25) is 0 Å². The zero-order chi connectivity index (χ0) is 9.23. The van der Waals surface area contributed by atoms with Crippen LogP contribution in [0.15, 0.2) is 36.3 Å². The number of rotatable bonds is 7. The zero-order valence-corrected chi connectivity index (χ0v) is 8.92. The van der Waals surface area contributed by atoms with E-state index in [0.29, 0.717) is 5.94 Å². The van der Waals surface area contributed by atoms with Gasteiger partial charge in [-0.1, -0.05) is 46.9 Å². The van der Waals surface area contributed by atoms with Crippen molar-refractivity contribution >= 4 is 21.6 Å². The van der Waals surface area contributed by atoms with Crippen molar-refractivity contribution in [3.8, 4) is 0 Å². The lowest BCUT2D eigenvalue weighted by molar-refractivity contribution is 0.200. The van der Waals surface area contributed by atoms with E-state index in [-0.39, 0.29) is 0 Å². The van der Waals surface area contributed by atoms with Crippen LogP contribution in [0.3, 0.4) is 0 Å². The van der Waals surface area contributed by atoms with Crippen LogP contribution in [0.1, 0.15) is 6.92 Å². The summed E-state index contributed by atoms with van der Waals surface area (Å²) in [5, 5.41) is 0. The Kier molecular flexibility index (Phi) is 8.88. The van der Waals surface area contributed by atoms with Crippen LogP contribution in [-0.2, 0) is 4.74 Å². The van der Waals surface area contributed by atoms with Crippen LogP contribution in [0.5, 0.6) is 0 Å². The maximum Gasteiger partial charge on any atom is 0.102 e. The smallest absolute Gasteiger partial charge is 0.102 e. The molecule has 0 aromatic heterocycles. The largest absolute Gasteiger partial charge is 0.370 e. The number of allylic oxidation sites excluding steroid dienone is 3. The molecule has 0 bridgehead atoms. The van der Waals surface area contributed by atoms with Gasteiger partial charge in [-0.2, -0.15) is 0 Å². The van der Waals surface area contributed by atoms with Crippen molar-refractivity contribution < 1.29 is 4.74 Å². The molecule has 0 saturated heterocycles. The van der Waals surface area contributed by atoms with E-state index in [2.05, 4.69) is 13.2 Å². The molecule has 0 aliphatic heterocycles. The van der Waals surface area contributed by atoms with E-state index < -0.39 is 0 Å². The molecule has 0 atom stereocenters. The van der Waals surface area contributed by atoms with Gasteiger partial charge < -0.3 is 4.74 Å². The van der Waals surface area contributed by atoms with Crippen LogP contribution >= 0.6 is 21.6 Å². The van der Waals surface area contributed by atoms with Gasteiger partial charge in [-0.3, -0.25) is 0 Å². The summed E-state index contributed by atoms with van der Waals surface area (Å²) in [6.45, 7) is 10.1. The Bertz CT molecular complexity index is 164. The molecule has 0 aromatic carbocycles. The van der Waals surface area contributed by atoms with Crippen LogP contribution in [0.4, 0.5) is 0 Å². The first-order valence-electron chi connectivity index (χ1n) is 3.67. The maximum atomic E-state index is 5.16. The SMILES string of the molecule is C=C/C=C(\C=C)SSCOCC. The second-order valence-corrected chi connectivity index (χ2v) is 4.14. The van der Waals surface area contributed by atoms with Gasteiger partial charge >= 0.3 is 0 Å². The standard InChI is InChI=1S/C9H14OS2/c1-4-7-9(5-2)12-11-8-10-6-3/h4-5,7H,1-2,6,8H2,3H3/b9-7+. The molecule has 12 heavy (non-hydrogen) atoms. The van der Waals surface area contributed by atoms with Crippen molar-refractivity contribution in [1.82, 2.24) is 0 Å². The Labute approximate surface area is 82.3 Å². The van der Waals surface area contributed by atoms with Crippen LogP contribution in [0, 0.1) is 0 Å². The van der Waals surface area contributed by atoms with E-state index in [4.69, 9.17) is 4.74 Å². The minimum absolute atomic E-state index is 0.712. The Morgan fingerprint density at radius 3 is 2.75 bits per heavy atom. The summed E-state index contributed by atoms with van der Waals surface area (Å²) in [5.74, 6) is 0.712. The normalized spacial score (nSPS) is 11.2. The molecule has 0 aliphatic carbocycles. The molecule has 0 spiro atoms. The van der Waals surface area contributed by atoms with Crippen molar-refractivity contribution in [2.24, 2.45) is 0 Å². The van der Waals surface area contributed by atoms with E-state index in [1.54, 1.807) is 27.7 Å². The lowest BCUT2D eigenvalue weighted by Gasteiger charge is -2.00. The molecule has 0 N–H and O–H groups in total. The summed E-state index contributed by atoms with van der Waals surface area (Å²) < 4.78 is 5.16. The Hall–Kier alpha value is -0.120. The lowest BCUT2D eigenvalue weighted by Crippen LogP contribution is -1.85. The predicted molar refractivity (Wildman–Crippen MR) is 60.2 cm³/mol. The van der Waals surface area contributed by atoms with Gasteiger partial charge in [0, 0.05) is 11.5 Å². The molecule has 0 fully saturated rings. The second-order valence-electron chi connectivity index (χ2n) is 1.82. The molecular weight excluding hydrogens is 188 g/mol. The van der Waals surface area contributed by atoms with E-state index >= 15 is 0 Å². The van der Waals surface area contributed by atoms with Crippen molar-refractivity contribution in [3.63, 3.8) is 0 Å². The summed E-state index contributed by atoms with van der Waals surface area (Å²) >= 11 is 0. The quantitative estimate of drug-likeness (QED) is 0.270. The van der Waals surface area contributed by atoms with Crippen molar-refractivity contribution in [3.05, 3.63) is 36.3 Å². The maximum absolute atomic E-state index is 5.16. The fourth-order valence-corrected chi connectivity index (χ4v) is 2.22. The Morgan fingerprint density at radius 1 is 1.50 bits per heavy atom. The number of hydrogen-bond donors (Lipinski definition) is 0. The van der Waals surface area contributed by atoms with Crippen molar-refractivity contribution in [2.45, 2.75) is 6.92 Å². The van der Waals surface area contributed by atoms with E-state index in [0.717, 1.165) is 11.5 Å². The third-order valence-corrected chi connectivity index (χ3v) is 3.07. The molecule has 68 valence electrons. The molecule has 0 heterocycles. The fraction of sp³-hybridized carbons (Fsp3) is 0.333. The summed E-state index contributed by atoms with van der Waals surface area (Å²) in [6, 6.07) is 0. The third-order valence-electron chi connectivity index (χ3n) is 0.974. The van der Waals surface area contributed by atoms with Crippen LogP contribution in [0.2, 0.25) is 0 Å². The highest BCUT2D eigenvalue weighted by atomic mass is 33.1. The number of hydrogen-bond acceptors (Lipinski definition) is 3. The molecular formula is C9H14OS2. The van der Waals surface area contributed by atoms with Gasteiger partial charge in [0.25, 0.3) is 0 Å². The van der Waals surface area contributed by atoms with E-state index in [9.17, 15) is 0 Å². The average molecular weight is 202 g/mol. The number of ether oxygens (including phenoxy) is 1. The van der Waals surface area contributed by atoms with Gasteiger partial charge in [0.15, 0.2) is 0 Å². The minimum atomic E-state index is 0.712. The Balaban J connectivity index is 3.51. The van der Waals surface area contributed by atoms with Crippen LogP contribution < -0.4 is 0 Å². The predicted octanol–water partition coefficient (Wildman–Crippen LogP) is 3.62. The highest BCUT2D eigenvalue weighted by Gasteiger charge is 1.91. The lowest BCUT2D eigenvalue weighted by atomic mass is 10.5. The minimum Gasteiger partial charge on any atom is -0.370 e. The fourth-order valence-electron chi connectivity index (χ4n) is 0.455. The van der Waals surface area contributed by atoms with E-state index in [1.807, 2.05) is 19.1 Å². The zero-order valence-electron chi connectivity index (χ0n) is 7.29.